The number of nitrogens with one attached hydrogen (secondary N) is 1. The summed E-state index contributed by atoms with van der Waals surface area (Å²) in [4.78, 5) is 4.24. The van der Waals surface area contributed by atoms with Crippen LogP contribution in [0.1, 0.15) is 17.6 Å². The lowest BCUT2D eigenvalue weighted by molar-refractivity contribution is 0.533. The minimum absolute atomic E-state index is 0.204. The molecule has 0 saturated heterocycles. The fraction of sp³-hybridized carbons (Fsp3) is 0.375. The van der Waals surface area contributed by atoms with Crippen LogP contribution < -0.4 is 11.3 Å². The maximum absolute atomic E-state index is 5.52. The highest BCUT2D eigenvalue weighted by Gasteiger charge is 2.19. The second kappa shape index (κ2) is 3.79. The van der Waals surface area contributed by atoms with Crippen molar-refractivity contribution in [2.24, 2.45) is 19.9 Å². The SMILES string of the molecule is Cn1ccnc1C(NN)c1cnnn1C. The van der Waals surface area contributed by atoms with E-state index in [9.17, 15) is 0 Å². The Morgan fingerprint density at radius 2 is 2.27 bits per heavy atom. The predicted octanol–water partition coefficient (Wildman–Crippen LogP) is -0.899. The highest BCUT2D eigenvalue weighted by molar-refractivity contribution is 5.14. The number of hydrogen-bond acceptors (Lipinski definition) is 5. The van der Waals surface area contributed by atoms with Gasteiger partial charge in [0.25, 0.3) is 0 Å². The van der Waals surface area contributed by atoms with Crippen LogP contribution in [-0.4, -0.2) is 24.5 Å². The van der Waals surface area contributed by atoms with Crippen molar-refractivity contribution >= 4 is 0 Å². The summed E-state index contributed by atoms with van der Waals surface area (Å²) in [5, 5.41) is 7.67. The zero-order valence-corrected chi connectivity index (χ0v) is 8.62. The molecule has 15 heavy (non-hydrogen) atoms. The van der Waals surface area contributed by atoms with Crippen molar-refractivity contribution in [3.05, 3.63) is 30.1 Å². The van der Waals surface area contributed by atoms with E-state index in [4.69, 9.17) is 5.84 Å². The first-order chi connectivity index (χ1) is 7.24. The van der Waals surface area contributed by atoms with Gasteiger partial charge in [-0.05, 0) is 0 Å². The van der Waals surface area contributed by atoms with Gasteiger partial charge in [-0.1, -0.05) is 5.21 Å². The fourth-order valence-corrected chi connectivity index (χ4v) is 1.51. The van der Waals surface area contributed by atoms with Gasteiger partial charge in [-0.2, -0.15) is 0 Å². The Bertz CT molecular complexity index is 403. The molecule has 0 spiro atoms. The van der Waals surface area contributed by atoms with Crippen LogP contribution in [0.15, 0.2) is 18.6 Å². The van der Waals surface area contributed by atoms with E-state index in [0.29, 0.717) is 0 Å². The summed E-state index contributed by atoms with van der Waals surface area (Å²) in [7, 11) is 3.73. The van der Waals surface area contributed by atoms with Crippen LogP contribution in [0.2, 0.25) is 0 Å². The highest BCUT2D eigenvalue weighted by Crippen LogP contribution is 2.17. The number of nitrogens with two attached hydrogens (primary N) is 1. The average molecular weight is 207 g/mol. The van der Waals surface area contributed by atoms with Crippen molar-refractivity contribution in [3.8, 4) is 0 Å². The lowest BCUT2D eigenvalue weighted by atomic mass is 10.2. The standard InChI is InChI=1S/C8H13N7/c1-14-4-3-10-8(14)7(12-9)6-5-11-13-15(6)2/h3-5,7,12H,9H2,1-2H3. The van der Waals surface area contributed by atoms with Crippen LogP contribution in [-0.2, 0) is 14.1 Å². The molecular weight excluding hydrogens is 194 g/mol. The predicted molar refractivity (Wildman–Crippen MR) is 53.4 cm³/mol. The number of hydrogen-bond donors (Lipinski definition) is 2. The van der Waals surface area contributed by atoms with Crippen LogP contribution in [0.5, 0.6) is 0 Å². The van der Waals surface area contributed by atoms with Gasteiger partial charge in [-0.25, -0.2) is 10.4 Å². The zero-order chi connectivity index (χ0) is 10.8. The molecule has 0 aliphatic heterocycles. The van der Waals surface area contributed by atoms with Gasteiger partial charge < -0.3 is 4.57 Å². The summed E-state index contributed by atoms with van der Waals surface area (Å²) in [6.07, 6.45) is 5.26. The normalized spacial score (nSPS) is 13.0. The largest absolute Gasteiger partial charge is 0.336 e. The number of nitrogens with zero attached hydrogens (tertiary/aromatic N) is 5. The summed E-state index contributed by atoms with van der Waals surface area (Å²) in [6.45, 7) is 0. The summed E-state index contributed by atoms with van der Waals surface area (Å²) >= 11 is 0. The number of aryl methyl sites for hydroxylation is 2. The maximum Gasteiger partial charge on any atom is 0.133 e. The molecule has 1 unspecified atom stereocenters. The summed E-state index contributed by atoms with van der Waals surface area (Å²) in [5.41, 5.74) is 3.57. The van der Waals surface area contributed by atoms with Crippen LogP contribution in [0.25, 0.3) is 0 Å². The first-order valence-corrected chi connectivity index (χ1v) is 4.52. The molecule has 2 rings (SSSR count). The van der Waals surface area contributed by atoms with E-state index in [1.165, 1.54) is 0 Å². The van der Waals surface area contributed by atoms with Gasteiger partial charge in [-0.15, -0.1) is 5.10 Å². The Hall–Kier alpha value is -1.73. The lowest BCUT2D eigenvalue weighted by Crippen LogP contribution is -2.32. The molecule has 0 aliphatic carbocycles. The van der Waals surface area contributed by atoms with Crippen molar-refractivity contribution in [2.45, 2.75) is 6.04 Å². The lowest BCUT2D eigenvalue weighted by Gasteiger charge is -2.14. The van der Waals surface area contributed by atoms with Crippen molar-refractivity contribution in [2.75, 3.05) is 0 Å². The Morgan fingerprint density at radius 1 is 1.47 bits per heavy atom. The van der Waals surface area contributed by atoms with Crippen LogP contribution in [0.4, 0.5) is 0 Å². The van der Waals surface area contributed by atoms with Gasteiger partial charge in [0.05, 0.1) is 11.9 Å². The van der Waals surface area contributed by atoms with Gasteiger partial charge in [0, 0.05) is 26.5 Å². The monoisotopic (exact) mass is 207 g/mol. The summed E-state index contributed by atoms with van der Waals surface area (Å²) in [5.74, 6) is 6.34. The molecule has 2 heterocycles. The van der Waals surface area contributed by atoms with E-state index in [0.717, 1.165) is 11.5 Å². The molecule has 80 valence electrons. The van der Waals surface area contributed by atoms with Crippen molar-refractivity contribution in [1.29, 1.82) is 0 Å². The quantitative estimate of drug-likeness (QED) is 0.503. The van der Waals surface area contributed by atoms with E-state index < -0.39 is 0 Å². The molecule has 0 aromatic carbocycles. The van der Waals surface area contributed by atoms with Crippen molar-refractivity contribution < 1.29 is 0 Å². The number of imidazole rings is 1. The first-order valence-electron chi connectivity index (χ1n) is 4.52. The second-order valence-corrected chi connectivity index (χ2v) is 3.28. The van der Waals surface area contributed by atoms with E-state index in [-0.39, 0.29) is 6.04 Å². The molecule has 7 nitrogen and oxygen atoms in total. The fourth-order valence-electron chi connectivity index (χ4n) is 1.51. The minimum Gasteiger partial charge on any atom is -0.336 e. The molecule has 0 aliphatic rings. The number of rotatable bonds is 3. The third-order valence-electron chi connectivity index (χ3n) is 2.33. The summed E-state index contributed by atoms with van der Waals surface area (Å²) in [6, 6.07) is -0.204. The molecule has 0 amide bonds. The molecule has 1 atom stereocenters. The van der Waals surface area contributed by atoms with E-state index in [1.807, 2.05) is 24.9 Å². The van der Waals surface area contributed by atoms with Crippen LogP contribution in [0, 0.1) is 0 Å². The molecular formula is C8H13N7. The van der Waals surface area contributed by atoms with Gasteiger partial charge in [0.1, 0.15) is 11.9 Å². The number of hydrazine groups is 1. The molecule has 0 saturated carbocycles. The van der Waals surface area contributed by atoms with E-state index in [2.05, 4.69) is 20.7 Å². The van der Waals surface area contributed by atoms with Gasteiger partial charge in [0.15, 0.2) is 0 Å². The molecule has 2 aromatic rings. The number of aromatic nitrogens is 5. The van der Waals surface area contributed by atoms with E-state index in [1.54, 1.807) is 17.1 Å². The van der Waals surface area contributed by atoms with Gasteiger partial charge in [0.2, 0.25) is 0 Å². The van der Waals surface area contributed by atoms with Crippen molar-refractivity contribution in [1.82, 2.24) is 30.0 Å². The molecule has 3 N–H and O–H groups in total. The van der Waals surface area contributed by atoms with Crippen LogP contribution in [0.3, 0.4) is 0 Å². The minimum atomic E-state index is -0.204. The molecule has 0 fully saturated rings. The average Bonchev–Trinajstić information content (AvgIpc) is 2.80. The molecule has 0 bridgehead atoms. The third-order valence-corrected chi connectivity index (χ3v) is 2.33. The van der Waals surface area contributed by atoms with Gasteiger partial charge >= 0.3 is 0 Å². The third kappa shape index (κ3) is 1.62. The smallest absolute Gasteiger partial charge is 0.133 e. The topological polar surface area (TPSA) is 86.6 Å². The van der Waals surface area contributed by atoms with E-state index >= 15 is 0 Å². The Balaban J connectivity index is 2.41. The molecule has 7 heteroatoms. The summed E-state index contributed by atoms with van der Waals surface area (Å²) < 4.78 is 3.57. The first kappa shape index (κ1) is 9.81. The maximum atomic E-state index is 5.52. The molecule has 2 aromatic heterocycles. The second-order valence-electron chi connectivity index (χ2n) is 3.28. The Kier molecular flexibility index (Phi) is 2.48. The van der Waals surface area contributed by atoms with Gasteiger partial charge in [-0.3, -0.25) is 10.5 Å². The Morgan fingerprint density at radius 3 is 2.73 bits per heavy atom. The Labute approximate surface area is 86.9 Å². The van der Waals surface area contributed by atoms with Crippen LogP contribution >= 0.6 is 0 Å². The molecule has 0 radical (unpaired) electrons. The zero-order valence-electron chi connectivity index (χ0n) is 8.62. The van der Waals surface area contributed by atoms with Crippen molar-refractivity contribution in [3.63, 3.8) is 0 Å². The highest BCUT2D eigenvalue weighted by atomic mass is 15.4.